The molecule has 0 bridgehead atoms. The summed E-state index contributed by atoms with van der Waals surface area (Å²) in [4.78, 5) is 20.2. The first-order valence-corrected chi connectivity index (χ1v) is 10.7. The van der Waals surface area contributed by atoms with E-state index in [1.54, 1.807) is 0 Å². The van der Waals surface area contributed by atoms with Crippen LogP contribution in [0.2, 0.25) is 0 Å². The van der Waals surface area contributed by atoms with Gasteiger partial charge in [0.25, 0.3) is 5.91 Å². The van der Waals surface area contributed by atoms with Crippen molar-refractivity contribution in [2.75, 3.05) is 32.8 Å². The first-order chi connectivity index (χ1) is 13.6. The highest BCUT2D eigenvalue weighted by Gasteiger charge is 2.56. The van der Waals surface area contributed by atoms with Gasteiger partial charge in [-0.25, -0.2) is 4.98 Å². The monoisotopic (exact) mass is 382 g/mol. The quantitative estimate of drug-likeness (QED) is 0.863. The van der Waals surface area contributed by atoms with Gasteiger partial charge in [-0.1, -0.05) is 19.9 Å². The Hall–Kier alpha value is -1.92. The Morgan fingerprint density at radius 3 is 2.71 bits per heavy atom. The van der Waals surface area contributed by atoms with Gasteiger partial charge >= 0.3 is 0 Å². The van der Waals surface area contributed by atoms with Crippen molar-refractivity contribution < 1.29 is 9.53 Å². The standard InChI is InChI=1S/C22H30N4O2/c1-14(2)21-23-20(18-5-3-4-8-26(18)21)22(27)24-19-16-12-25(13-17(16)19)11-15-6-9-28-10-7-15/h3-5,8,14-17,19H,6-7,9-13H2,1-2H3,(H,24,27). The zero-order valence-corrected chi connectivity index (χ0v) is 16.8. The van der Waals surface area contributed by atoms with Gasteiger partial charge in [-0.2, -0.15) is 0 Å². The second kappa shape index (κ2) is 7.16. The third-order valence-electron chi connectivity index (χ3n) is 6.73. The Balaban J connectivity index is 1.21. The Morgan fingerprint density at radius 2 is 2.00 bits per heavy atom. The number of aromatic nitrogens is 2. The Morgan fingerprint density at radius 1 is 1.25 bits per heavy atom. The molecule has 3 fully saturated rings. The van der Waals surface area contributed by atoms with Crippen molar-refractivity contribution >= 4 is 11.4 Å². The number of nitrogens with zero attached hydrogens (tertiary/aromatic N) is 3. The molecule has 0 spiro atoms. The molecule has 2 aromatic rings. The smallest absolute Gasteiger partial charge is 0.272 e. The van der Waals surface area contributed by atoms with E-state index in [2.05, 4.69) is 29.0 Å². The van der Waals surface area contributed by atoms with Gasteiger partial charge in [-0.3, -0.25) is 4.79 Å². The van der Waals surface area contributed by atoms with Crippen LogP contribution in [0.15, 0.2) is 24.4 Å². The summed E-state index contributed by atoms with van der Waals surface area (Å²) in [6.07, 6.45) is 4.38. The van der Waals surface area contributed by atoms with E-state index in [-0.39, 0.29) is 11.8 Å². The van der Waals surface area contributed by atoms with Crippen LogP contribution in [0, 0.1) is 17.8 Å². The number of hydrogen-bond donors (Lipinski definition) is 1. The molecule has 2 atom stereocenters. The lowest BCUT2D eigenvalue weighted by Gasteiger charge is -2.28. The molecule has 1 amide bonds. The summed E-state index contributed by atoms with van der Waals surface area (Å²) in [6, 6.07) is 6.26. The van der Waals surface area contributed by atoms with Gasteiger partial charge in [-0.15, -0.1) is 0 Å². The molecule has 1 saturated carbocycles. The summed E-state index contributed by atoms with van der Waals surface area (Å²) in [7, 11) is 0. The largest absolute Gasteiger partial charge is 0.381 e. The molecule has 6 heteroatoms. The van der Waals surface area contributed by atoms with Crippen LogP contribution in [0.1, 0.15) is 48.9 Å². The number of rotatable bonds is 5. The Labute approximate surface area is 166 Å². The molecule has 1 N–H and O–H groups in total. The summed E-state index contributed by atoms with van der Waals surface area (Å²) in [5, 5.41) is 3.28. The third-order valence-corrected chi connectivity index (χ3v) is 6.73. The highest BCUT2D eigenvalue weighted by atomic mass is 16.5. The molecule has 2 aliphatic heterocycles. The lowest BCUT2D eigenvalue weighted by molar-refractivity contribution is 0.0537. The Bertz CT molecular complexity index is 859. The van der Waals surface area contributed by atoms with E-state index < -0.39 is 0 Å². The van der Waals surface area contributed by atoms with E-state index in [0.29, 0.717) is 23.6 Å². The molecule has 2 saturated heterocycles. The average Bonchev–Trinajstić information content (AvgIpc) is 3.06. The topological polar surface area (TPSA) is 58.9 Å². The van der Waals surface area contributed by atoms with Gasteiger partial charge in [0, 0.05) is 51.0 Å². The number of nitrogens with one attached hydrogen (secondary N) is 1. The van der Waals surface area contributed by atoms with E-state index in [9.17, 15) is 4.79 Å². The lowest BCUT2D eigenvalue weighted by atomic mass is 10.00. The molecule has 1 aliphatic carbocycles. The van der Waals surface area contributed by atoms with Crippen molar-refractivity contribution in [3.63, 3.8) is 0 Å². The number of ether oxygens (including phenoxy) is 1. The van der Waals surface area contributed by atoms with Crippen LogP contribution < -0.4 is 5.32 Å². The van der Waals surface area contributed by atoms with Crippen LogP contribution in [-0.4, -0.2) is 59.1 Å². The lowest BCUT2D eigenvalue weighted by Crippen LogP contribution is -2.37. The number of likely N-dealkylation sites (tertiary alicyclic amines) is 1. The fourth-order valence-corrected chi connectivity index (χ4v) is 5.13. The summed E-state index contributed by atoms with van der Waals surface area (Å²) in [5.41, 5.74) is 1.46. The molecule has 2 unspecified atom stereocenters. The van der Waals surface area contributed by atoms with E-state index in [0.717, 1.165) is 43.6 Å². The minimum absolute atomic E-state index is 0.0222. The second-order valence-electron chi connectivity index (χ2n) is 9.03. The number of hydrogen-bond acceptors (Lipinski definition) is 4. The fraction of sp³-hybridized carbons (Fsp3) is 0.636. The van der Waals surface area contributed by atoms with Crippen LogP contribution >= 0.6 is 0 Å². The highest BCUT2D eigenvalue weighted by molar-refractivity contribution is 5.99. The van der Waals surface area contributed by atoms with Gasteiger partial charge in [0.2, 0.25) is 0 Å². The van der Waals surface area contributed by atoms with E-state index in [4.69, 9.17) is 4.74 Å². The summed E-state index contributed by atoms with van der Waals surface area (Å²) < 4.78 is 7.51. The number of amides is 1. The zero-order valence-electron chi connectivity index (χ0n) is 16.8. The van der Waals surface area contributed by atoms with E-state index in [1.165, 1.54) is 19.4 Å². The van der Waals surface area contributed by atoms with E-state index in [1.807, 2.05) is 28.8 Å². The van der Waals surface area contributed by atoms with Crippen LogP contribution in [-0.2, 0) is 4.74 Å². The van der Waals surface area contributed by atoms with Crippen LogP contribution in [0.4, 0.5) is 0 Å². The highest BCUT2D eigenvalue weighted by Crippen LogP contribution is 2.46. The molecule has 0 radical (unpaired) electrons. The van der Waals surface area contributed by atoms with Crippen LogP contribution in [0.3, 0.4) is 0 Å². The molecule has 3 aliphatic rings. The van der Waals surface area contributed by atoms with Crippen LogP contribution in [0.5, 0.6) is 0 Å². The van der Waals surface area contributed by atoms with Crippen molar-refractivity contribution in [2.24, 2.45) is 17.8 Å². The maximum absolute atomic E-state index is 13.0. The van der Waals surface area contributed by atoms with Gasteiger partial charge < -0.3 is 19.4 Å². The zero-order chi connectivity index (χ0) is 19.3. The van der Waals surface area contributed by atoms with Crippen molar-refractivity contribution in [1.82, 2.24) is 19.6 Å². The molecule has 6 nitrogen and oxygen atoms in total. The van der Waals surface area contributed by atoms with Crippen molar-refractivity contribution in [1.29, 1.82) is 0 Å². The van der Waals surface area contributed by atoms with Crippen molar-refractivity contribution in [2.45, 2.75) is 38.6 Å². The predicted molar refractivity (Wildman–Crippen MR) is 107 cm³/mol. The number of imidazole rings is 1. The minimum Gasteiger partial charge on any atom is -0.381 e. The van der Waals surface area contributed by atoms with Gasteiger partial charge in [0.05, 0.1) is 5.52 Å². The molecule has 150 valence electrons. The molecular formula is C22H30N4O2. The Kier molecular flexibility index (Phi) is 4.63. The maximum Gasteiger partial charge on any atom is 0.272 e. The SMILES string of the molecule is CC(C)c1nc(C(=O)NC2C3CN(CC4CCOCC4)CC32)c2ccccn12. The summed E-state index contributed by atoms with van der Waals surface area (Å²) >= 11 is 0. The predicted octanol–water partition coefficient (Wildman–Crippen LogP) is 2.54. The normalized spacial score (nSPS) is 28.0. The van der Waals surface area contributed by atoms with Crippen LogP contribution in [0.25, 0.3) is 5.52 Å². The second-order valence-corrected chi connectivity index (χ2v) is 9.03. The number of pyridine rings is 1. The molecule has 5 rings (SSSR count). The molecule has 28 heavy (non-hydrogen) atoms. The summed E-state index contributed by atoms with van der Waals surface area (Å²) in [5.74, 6) is 3.20. The molecule has 4 heterocycles. The molecule has 0 aromatic carbocycles. The van der Waals surface area contributed by atoms with Gasteiger partial charge in [0.15, 0.2) is 5.69 Å². The number of fused-ring (bicyclic) bond motifs is 2. The first-order valence-electron chi connectivity index (χ1n) is 10.7. The van der Waals surface area contributed by atoms with Crippen molar-refractivity contribution in [3.8, 4) is 0 Å². The first kappa shape index (κ1) is 18.1. The summed E-state index contributed by atoms with van der Waals surface area (Å²) in [6.45, 7) is 9.49. The maximum atomic E-state index is 13.0. The van der Waals surface area contributed by atoms with Gasteiger partial charge in [0.1, 0.15) is 5.82 Å². The minimum atomic E-state index is -0.0222. The third kappa shape index (κ3) is 3.22. The molecular weight excluding hydrogens is 352 g/mol. The van der Waals surface area contributed by atoms with Gasteiger partial charge in [-0.05, 0) is 42.7 Å². The van der Waals surface area contributed by atoms with Crippen molar-refractivity contribution in [3.05, 3.63) is 35.9 Å². The number of carbonyl (C=O) groups excluding carboxylic acids is 1. The fourth-order valence-electron chi connectivity index (χ4n) is 5.13. The molecule has 2 aromatic heterocycles. The van der Waals surface area contributed by atoms with E-state index >= 15 is 0 Å². The number of carbonyl (C=O) groups is 1. The average molecular weight is 383 g/mol. The number of piperidine rings is 1.